The summed E-state index contributed by atoms with van der Waals surface area (Å²) in [5.41, 5.74) is 6.67. The molecule has 1 aliphatic rings. The van der Waals surface area contributed by atoms with E-state index in [2.05, 4.69) is 20.1 Å². The Hall–Kier alpha value is 0.310. The van der Waals surface area contributed by atoms with Gasteiger partial charge in [-0.15, -0.1) is 0 Å². The van der Waals surface area contributed by atoms with Crippen molar-refractivity contribution in [2.24, 2.45) is 17.1 Å². The van der Waals surface area contributed by atoms with E-state index < -0.39 is 0 Å². The Morgan fingerprint density at radius 2 is 2.15 bits per heavy atom. The van der Waals surface area contributed by atoms with Crippen molar-refractivity contribution in [3.8, 4) is 0 Å². The normalized spacial score (nSPS) is 33.2. The van der Waals surface area contributed by atoms with Crippen LogP contribution in [0.15, 0.2) is 0 Å². The first kappa shape index (κ1) is 11.4. The molecule has 0 aromatic rings. The molecular formula is C11H23NS. The van der Waals surface area contributed by atoms with Gasteiger partial charge in [0.05, 0.1) is 0 Å². The summed E-state index contributed by atoms with van der Waals surface area (Å²) < 4.78 is 0. The Morgan fingerprint density at radius 3 is 2.77 bits per heavy atom. The van der Waals surface area contributed by atoms with Crippen molar-refractivity contribution >= 4 is 11.8 Å². The van der Waals surface area contributed by atoms with E-state index in [1.165, 1.54) is 31.4 Å². The Bertz CT molecular complexity index is 156. The molecule has 2 atom stereocenters. The maximum absolute atomic E-state index is 6.13. The van der Waals surface area contributed by atoms with Crippen LogP contribution < -0.4 is 5.73 Å². The molecule has 13 heavy (non-hydrogen) atoms. The molecule has 0 spiro atoms. The highest BCUT2D eigenvalue weighted by molar-refractivity contribution is 7.98. The fraction of sp³-hybridized carbons (Fsp3) is 1.00. The molecule has 1 fully saturated rings. The summed E-state index contributed by atoms with van der Waals surface area (Å²) in [6.07, 6.45) is 7.36. The van der Waals surface area contributed by atoms with E-state index in [9.17, 15) is 0 Å². The smallest absolute Gasteiger partial charge is 0.00678 e. The summed E-state index contributed by atoms with van der Waals surface area (Å²) >= 11 is 1.94. The first-order valence-corrected chi connectivity index (χ1v) is 6.69. The van der Waals surface area contributed by atoms with E-state index in [0.29, 0.717) is 11.5 Å². The van der Waals surface area contributed by atoms with Gasteiger partial charge in [-0.3, -0.25) is 0 Å². The van der Waals surface area contributed by atoms with Crippen LogP contribution in [0.1, 0.15) is 39.5 Å². The fourth-order valence-electron chi connectivity index (χ4n) is 2.34. The van der Waals surface area contributed by atoms with Crippen LogP contribution in [0, 0.1) is 11.3 Å². The maximum Gasteiger partial charge on any atom is 0.00678 e. The predicted octanol–water partition coefficient (Wildman–Crippen LogP) is 2.89. The van der Waals surface area contributed by atoms with Gasteiger partial charge < -0.3 is 5.73 Å². The summed E-state index contributed by atoms with van der Waals surface area (Å²) in [5, 5.41) is 0. The fourth-order valence-corrected chi connectivity index (χ4v) is 2.88. The van der Waals surface area contributed by atoms with Gasteiger partial charge >= 0.3 is 0 Å². The number of thioether (sulfide) groups is 1. The van der Waals surface area contributed by atoms with Gasteiger partial charge in [0.15, 0.2) is 0 Å². The topological polar surface area (TPSA) is 26.0 Å². The molecule has 1 nitrogen and oxygen atoms in total. The zero-order valence-corrected chi connectivity index (χ0v) is 9.99. The van der Waals surface area contributed by atoms with Crippen LogP contribution in [-0.4, -0.2) is 18.1 Å². The van der Waals surface area contributed by atoms with Crippen molar-refractivity contribution in [2.45, 2.75) is 45.6 Å². The van der Waals surface area contributed by atoms with Gasteiger partial charge in [0.2, 0.25) is 0 Å². The molecule has 0 bridgehead atoms. The highest BCUT2D eigenvalue weighted by Crippen LogP contribution is 2.39. The van der Waals surface area contributed by atoms with E-state index in [1.54, 1.807) is 0 Å². The number of rotatable bonds is 3. The largest absolute Gasteiger partial charge is 0.327 e. The highest BCUT2D eigenvalue weighted by Gasteiger charge is 2.32. The zero-order chi connectivity index (χ0) is 9.90. The third-order valence-electron chi connectivity index (χ3n) is 3.27. The second-order valence-electron chi connectivity index (χ2n) is 5.11. The Morgan fingerprint density at radius 1 is 1.46 bits per heavy atom. The molecule has 0 aromatic heterocycles. The molecule has 0 heterocycles. The molecule has 0 saturated heterocycles. The lowest BCUT2D eigenvalue weighted by Crippen LogP contribution is -2.39. The third kappa shape index (κ3) is 3.51. The third-order valence-corrected chi connectivity index (χ3v) is 3.91. The van der Waals surface area contributed by atoms with Gasteiger partial charge in [0.25, 0.3) is 0 Å². The van der Waals surface area contributed by atoms with Crippen molar-refractivity contribution in [3.63, 3.8) is 0 Å². The standard InChI is InChI=1S/C11H23NS/c1-11(2)6-4-10(12)9(8-11)5-7-13-3/h9-10H,4-8,12H2,1-3H3. The van der Waals surface area contributed by atoms with Crippen molar-refractivity contribution < 1.29 is 0 Å². The molecule has 0 radical (unpaired) electrons. The molecule has 0 aromatic carbocycles. The molecule has 2 heteroatoms. The molecule has 0 amide bonds. The maximum atomic E-state index is 6.13. The average Bonchev–Trinajstić information content (AvgIpc) is 2.07. The van der Waals surface area contributed by atoms with E-state index in [0.717, 1.165) is 5.92 Å². The molecule has 1 rings (SSSR count). The Kier molecular flexibility index (Phi) is 4.11. The summed E-state index contributed by atoms with van der Waals surface area (Å²) in [7, 11) is 0. The minimum absolute atomic E-state index is 0.472. The van der Waals surface area contributed by atoms with Crippen LogP contribution in [0.3, 0.4) is 0 Å². The molecule has 2 unspecified atom stereocenters. The first-order valence-electron chi connectivity index (χ1n) is 5.30. The van der Waals surface area contributed by atoms with Gasteiger partial charge in [-0.25, -0.2) is 0 Å². The molecule has 1 saturated carbocycles. The molecule has 2 N–H and O–H groups in total. The lowest BCUT2D eigenvalue weighted by atomic mass is 9.69. The van der Waals surface area contributed by atoms with Crippen molar-refractivity contribution in [1.29, 1.82) is 0 Å². The molecule has 0 aliphatic heterocycles. The van der Waals surface area contributed by atoms with E-state index in [-0.39, 0.29) is 0 Å². The van der Waals surface area contributed by atoms with Crippen LogP contribution in [0.2, 0.25) is 0 Å². The summed E-state index contributed by atoms with van der Waals surface area (Å²) in [6, 6.07) is 0.472. The quantitative estimate of drug-likeness (QED) is 0.760. The van der Waals surface area contributed by atoms with Crippen LogP contribution in [0.5, 0.6) is 0 Å². The second-order valence-corrected chi connectivity index (χ2v) is 6.10. The predicted molar refractivity (Wildman–Crippen MR) is 62.1 cm³/mol. The highest BCUT2D eigenvalue weighted by atomic mass is 32.2. The number of hydrogen-bond acceptors (Lipinski definition) is 2. The van der Waals surface area contributed by atoms with Gasteiger partial charge in [-0.1, -0.05) is 13.8 Å². The molecular weight excluding hydrogens is 178 g/mol. The number of nitrogens with two attached hydrogens (primary N) is 1. The molecule has 1 aliphatic carbocycles. The average molecular weight is 201 g/mol. The lowest BCUT2D eigenvalue weighted by molar-refractivity contribution is 0.155. The minimum atomic E-state index is 0.472. The summed E-state index contributed by atoms with van der Waals surface area (Å²) in [6.45, 7) is 4.76. The van der Waals surface area contributed by atoms with Gasteiger partial charge in [0, 0.05) is 6.04 Å². The monoisotopic (exact) mass is 201 g/mol. The van der Waals surface area contributed by atoms with E-state index in [4.69, 9.17) is 5.73 Å². The van der Waals surface area contributed by atoms with Crippen LogP contribution in [-0.2, 0) is 0 Å². The van der Waals surface area contributed by atoms with Gasteiger partial charge in [-0.2, -0.15) is 11.8 Å². The van der Waals surface area contributed by atoms with Crippen LogP contribution in [0.25, 0.3) is 0 Å². The van der Waals surface area contributed by atoms with Crippen LogP contribution in [0.4, 0.5) is 0 Å². The van der Waals surface area contributed by atoms with Gasteiger partial charge in [0.1, 0.15) is 0 Å². The van der Waals surface area contributed by atoms with Crippen molar-refractivity contribution in [1.82, 2.24) is 0 Å². The zero-order valence-electron chi connectivity index (χ0n) is 9.18. The minimum Gasteiger partial charge on any atom is -0.327 e. The Balaban J connectivity index is 2.41. The molecule has 78 valence electrons. The van der Waals surface area contributed by atoms with Crippen molar-refractivity contribution in [3.05, 3.63) is 0 Å². The Labute approximate surface area is 86.8 Å². The second kappa shape index (κ2) is 4.70. The van der Waals surface area contributed by atoms with Gasteiger partial charge in [-0.05, 0) is 49.0 Å². The van der Waals surface area contributed by atoms with E-state index >= 15 is 0 Å². The summed E-state index contributed by atoms with van der Waals surface area (Å²) in [5.74, 6) is 2.05. The lowest BCUT2D eigenvalue weighted by Gasteiger charge is -2.39. The number of hydrogen-bond donors (Lipinski definition) is 1. The summed E-state index contributed by atoms with van der Waals surface area (Å²) in [4.78, 5) is 0. The van der Waals surface area contributed by atoms with E-state index in [1.807, 2.05) is 11.8 Å². The SMILES string of the molecule is CSCCC1CC(C)(C)CCC1N. The van der Waals surface area contributed by atoms with Crippen molar-refractivity contribution in [2.75, 3.05) is 12.0 Å². The van der Waals surface area contributed by atoms with Crippen LogP contribution >= 0.6 is 11.8 Å². The first-order chi connectivity index (χ1) is 6.05.